The van der Waals surface area contributed by atoms with E-state index in [0.29, 0.717) is 23.3 Å². The van der Waals surface area contributed by atoms with E-state index in [1.54, 1.807) is 13.2 Å². The summed E-state index contributed by atoms with van der Waals surface area (Å²) in [5.41, 5.74) is 2.26. The number of ether oxygens (including phenoxy) is 2. The highest BCUT2D eigenvalue weighted by Gasteiger charge is 2.40. The van der Waals surface area contributed by atoms with Crippen LogP contribution in [0, 0.1) is 5.92 Å². The molecule has 8 heteroatoms. The highest BCUT2D eigenvalue weighted by molar-refractivity contribution is 5.68. The molecule has 0 aliphatic carbocycles. The van der Waals surface area contributed by atoms with Crippen molar-refractivity contribution in [2.75, 3.05) is 47.4 Å². The number of likely N-dealkylation sites (tertiary alicyclic amines) is 1. The number of hydrogen-bond donors (Lipinski definition) is 1. The lowest BCUT2D eigenvalue weighted by Crippen LogP contribution is -2.51. The van der Waals surface area contributed by atoms with Crippen LogP contribution < -0.4 is 15.0 Å². The van der Waals surface area contributed by atoms with Gasteiger partial charge in [-0.1, -0.05) is 12.1 Å². The van der Waals surface area contributed by atoms with Crippen molar-refractivity contribution in [3.8, 4) is 11.5 Å². The second kappa shape index (κ2) is 9.34. The number of carboxylic acids is 1. The molecule has 1 saturated heterocycles. The number of carbonyl (C=O) groups is 1. The van der Waals surface area contributed by atoms with E-state index in [4.69, 9.17) is 14.6 Å². The second-order valence-electron chi connectivity index (χ2n) is 9.04. The van der Waals surface area contributed by atoms with Crippen LogP contribution in [0.2, 0.25) is 0 Å². The summed E-state index contributed by atoms with van der Waals surface area (Å²) >= 11 is 0. The molecule has 8 nitrogen and oxygen atoms in total. The van der Waals surface area contributed by atoms with Crippen molar-refractivity contribution in [3.05, 3.63) is 58.0 Å². The lowest BCUT2D eigenvalue weighted by atomic mass is 9.78. The summed E-state index contributed by atoms with van der Waals surface area (Å²) < 4.78 is 12.8. The number of benzene rings is 1. The van der Waals surface area contributed by atoms with E-state index in [-0.39, 0.29) is 11.6 Å². The number of aliphatic carboxylic acids is 1. The Bertz CT molecular complexity index is 1030. The van der Waals surface area contributed by atoms with Crippen molar-refractivity contribution < 1.29 is 19.4 Å². The number of piperidine rings is 1. The van der Waals surface area contributed by atoms with Crippen LogP contribution in [0.4, 0.5) is 0 Å². The average molecular weight is 442 g/mol. The quantitative estimate of drug-likeness (QED) is 0.671. The van der Waals surface area contributed by atoms with Crippen LogP contribution in [0.3, 0.4) is 0 Å². The fourth-order valence-corrected chi connectivity index (χ4v) is 5.20. The molecule has 1 N–H and O–H groups in total. The Balaban J connectivity index is 1.57. The van der Waals surface area contributed by atoms with Gasteiger partial charge in [-0.2, -0.15) is 0 Å². The number of methoxy groups -OCH3 is 1. The van der Waals surface area contributed by atoms with Gasteiger partial charge >= 0.3 is 5.97 Å². The normalized spacial score (nSPS) is 22.4. The molecular weight excluding hydrogens is 410 g/mol. The lowest BCUT2D eigenvalue weighted by Gasteiger charge is -2.47. The molecule has 3 heterocycles. The first-order chi connectivity index (χ1) is 15.4. The molecule has 1 aromatic carbocycles. The minimum absolute atomic E-state index is 0.0906. The molecule has 1 aromatic heterocycles. The Hall–Kier alpha value is -2.84. The summed E-state index contributed by atoms with van der Waals surface area (Å²) in [6.07, 6.45) is 1.09. The van der Waals surface area contributed by atoms with E-state index in [0.717, 1.165) is 43.9 Å². The van der Waals surface area contributed by atoms with Crippen LogP contribution in [-0.4, -0.2) is 72.9 Å². The Labute approximate surface area is 188 Å². The van der Waals surface area contributed by atoms with Gasteiger partial charge in [0.2, 0.25) is 0 Å². The van der Waals surface area contributed by atoms with E-state index in [1.807, 2.05) is 28.8 Å². The van der Waals surface area contributed by atoms with Crippen LogP contribution in [0.5, 0.6) is 11.5 Å². The SMILES string of the molecule is COc1ccc(CN2C[C@H]3C[C@@H](C2)[C@H](CN(C)C)n2c3cccc2=O)cc1OCC(=O)O. The maximum absolute atomic E-state index is 12.7. The van der Waals surface area contributed by atoms with Crippen LogP contribution in [0.15, 0.2) is 41.2 Å². The lowest BCUT2D eigenvalue weighted by molar-refractivity contribution is -0.139. The third-order valence-corrected chi connectivity index (χ3v) is 6.41. The second-order valence-corrected chi connectivity index (χ2v) is 9.04. The zero-order valence-electron chi connectivity index (χ0n) is 18.9. The maximum Gasteiger partial charge on any atom is 0.341 e. The van der Waals surface area contributed by atoms with Crippen molar-refractivity contribution in [1.29, 1.82) is 0 Å². The van der Waals surface area contributed by atoms with E-state index >= 15 is 0 Å². The summed E-state index contributed by atoms with van der Waals surface area (Å²) in [5.74, 6) is 0.644. The van der Waals surface area contributed by atoms with Gasteiger partial charge in [-0.15, -0.1) is 0 Å². The molecule has 0 saturated carbocycles. The van der Waals surface area contributed by atoms with E-state index in [2.05, 4.69) is 30.0 Å². The van der Waals surface area contributed by atoms with E-state index in [9.17, 15) is 9.59 Å². The number of nitrogens with zero attached hydrogens (tertiary/aromatic N) is 3. The largest absolute Gasteiger partial charge is 0.493 e. The monoisotopic (exact) mass is 441 g/mol. The maximum atomic E-state index is 12.7. The zero-order valence-corrected chi connectivity index (χ0v) is 18.9. The number of rotatable bonds is 8. The Morgan fingerprint density at radius 1 is 1.19 bits per heavy atom. The number of fused-ring (bicyclic) bond motifs is 4. The number of hydrogen-bond acceptors (Lipinski definition) is 6. The van der Waals surface area contributed by atoms with Crippen LogP contribution >= 0.6 is 0 Å². The minimum atomic E-state index is -1.03. The number of aromatic nitrogens is 1. The fraction of sp³-hybridized carbons (Fsp3) is 0.500. The number of pyridine rings is 1. The predicted octanol–water partition coefficient (Wildman–Crippen LogP) is 2.04. The van der Waals surface area contributed by atoms with Crippen molar-refractivity contribution in [2.45, 2.75) is 24.9 Å². The molecule has 0 radical (unpaired) electrons. The van der Waals surface area contributed by atoms with Gasteiger partial charge in [-0.25, -0.2) is 4.79 Å². The number of likely N-dealkylation sites (N-methyl/N-ethyl adjacent to an activating group) is 1. The van der Waals surface area contributed by atoms with Gasteiger partial charge in [0, 0.05) is 43.9 Å². The molecule has 2 bridgehead atoms. The average Bonchev–Trinajstić information content (AvgIpc) is 2.75. The van der Waals surface area contributed by atoms with Gasteiger partial charge < -0.3 is 24.0 Å². The van der Waals surface area contributed by atoms with Crippen molar-refractivity contribution in [3.63, 3.8) is 0 Å². The molecule has 32 heavy (non-hydrogen) atoms. The summed E-state index contributed by atoms with van der Waals surface area (Å²) in [6, 6.07) is 11.5. The summed E-state index contributed by atoms with van der Waals surface area (Å²) in [6.45, 7) is 2.94. The Morgan fingerprint density at radius 3 is 2.72 bits per heavy atom. The van der Waals surface area contributed by atoms with Crippen LogP contribution in [-0.2, 0) is 11.3 Å². The smallest absolute Gasteiger partial charge is 0.341 e. The van der Waals surface area contributed by atoms with E-state index < -0.39 is 12.6 Å². The highest BCUT2D eigenvalue weighted by Crippen LogP contribution is 2.41. The molecule has 0 unspecified atom stereocenters. The van der Waals surface area contributed by atoms with Crippen molar-refractivity contribution in [2.24, 2.45) is 5.92 Å². The van der Waals surface area contributed by atoms with Crippen molar-refractivity contribution >= 4 is 5.97 Å². The van der Waals surface area contributed by atoms with Gasteiger partial charge in [0.1, 0.15) is 0 Å². The third kappa shape index (κ3) is 4.66. The predicted molar refractivity (Wildman–Crippen MR) is 121 cm³/mol. The molecular formula is C24H31N3O5. The summed E-state index contributed by atoms with van der Waals surface area (Å²) in [5, 5.41) is 8.95. The molecule has 2 aliphatic rings. The van der Waals surface area contributed by atoms with E-state index in [1.165, 1.54) is 0 Å². The molecule has 0 amide bonds. The number of carboxylic acid groups (broad SMARTS) is 1. The van der Waals surface area contributed by atoms with Gasteiger partial charge in [0.15, 0.2) is 18.1 Å². The third-order valence-electron chi connectivity index (χ3n) is 6.41. The van der Waals surface area contributed by atoms with Gasteiger partial charge in [-0.05, 0) is 50.2 Å². The summed E-state index contributed by atoms with van der Waals surface area (Å²) in [4.78, 5) is 28.2. The Kier molecular flexibility index (Phi) is 6.53. The molecule has 2 aromatic rings. The minimum Gasteiger partial charge on any atom is -0.493 e. The van der Waals surface area contributed by atoms with Crippen LogP contribution in [0.25, 0.3) is 0 Å². The fourth-order valence-electron chi connectivity index (χ4n) is 5.20. The highest BCUT2D eigenvalue weighted by atomic mass is 16.5. The first-order valence-corrected chi connectivity index (χ1v) is 11.0. The standard InChI is InChI=1S/C24H31N3O5/c1-25(2)14-20-18-10-17(19-5-4-6-23(28)27(19)20)12-26(13-18)11-16-7-8-21(31-3)22(9-16)32-15-24(29)30/h4-9,17-18,20H,10-15H2,1-3H3,(H,29,30)/t17-,18+,20+/m1/s1. The first-order valence-electron chi connectivity index (χ1n) is 11.0. The molecule has 172 valence electrons. The zero-order chi connectivity index (χ0) is 22.8. The summed E-state index contributed by atoms with van der Waals surface area (Å²) in [7, 11) is 5.64. The molecule has 3 atom stereocenters. The molecule has 1 fully saturated rings. The van der Waals surface area contributed by atoms with Crippen LogP contribution in [0.1, 0.15) is 29.6 Å². The topological polar surface area (TPSA) is 84.2 Å². The van der Waals surface area contributed by atoms with Gasteiger partial charge in [0.25, 0.3) is 5.56 Å². The molecule has 4 rings (SSSR count). The van der Waals surface area contributed by atoms with Gasteiger partial charge in [0.05, 0.1) is 13.2 Å². The first kappa shape index (κ1) is 22.4. The molecule has 2 aliphatic heterocycles. The van der Waals surface area contributed by atoms with Gasteiger partial charge in [-0.3, -0.25) is 9.69 Å². The molecule has 0 spiro atoms. The van der Waals surface area contributed by atoms with Crippen molar-refractivity contribution in [1.82, 2.24) is 14.4 Å². The Morgan fingerprint density at radius 2 is 2.00 bits per heavy atom.